The van der Waals surface area contributed by atoms with Gasteiger partial charge in [0.15, 0.2) is 17.0 Å². The highest BCUT2D eigenvalue weighted by Gasteiger charge is 2.23. The van der Waals surface area contributed by atoms with Gasteiger partial charge in [-0.25, -0.2) is 9.78 Å². The fourth-order valence-electron chi connectivity index (χ4n) is 4.16. The van der Waals surface area contributed by atoms with Gasteiger partial charge in [-0.15, -0.1) is 0 Å². The fourth-order valence-corrected chi connectivity index (χ4v) is 4.16. The zero-order valence-electron chi connectivity index (χ0n) is 17.0. The van der Waals surface area contributed by atoms with Gasteiger partial charge in [0.05, 0.1) is 6.04 Å². The Morgan fingerprint density at radius 2 is 1.81 bits per heavy atom. The van der Waals surface area contributed by atoms with Crippen molar-refractivity contribution in [3.05, 3.63) is 26.7 Å². The van der Waals surface area contributed by atoms with E-state index in [1.807, 2.05) is 4.57 Å². The second kappa shape index (κ2) is 8.87. The molecule has 1 fully saturated rings. The van der Waals surface area contributed by atoms with Crippen LogP contribution in [-0.4, -0.2) is 25.1 Å². The minimum absolute atomic E-state index is 0.318. The van der Waals surface area contributed by atoms with E-state index in [0.717, 1.165) is 44.1 Å². The smallest absolute Gasteiger partial charge is 0.330 e. The molecule has 0 saturated heterocycles. The number of unbranched alkanes of at least 4 members (excludes halogenated alkanes) is 1. The van der Waals surface area contributed by atoms with E-state index in [1.54, 1.807) is 4.57 Å². The second-order valence-corrected chi connectivity index (χ2v) is 8.08. The zero-order chi connectivity index (χ0) is 19.4. The maximum Gasteiger partial charge on any atom is 0.330 e. The summed E-state index contributed by atoms with van der Waals surface area (Å²) in [5, 5.41) is 2.38. The van der Waals surface area contributed by atoms with Crippen molar-refractivity contribution in [1.82, 2.24) is 19.1 Å². The number of nitrogens with one attached hydrogen (secondary N) is 1. The van der Waals surface area contributed by atoms with E-state index in [-0.39, 0.29) is 11.2 Å². The molecule has 150 valence electrons. The lowest BCUT2D eigenvalue weighted by molar-refractivity contribution is -0.708. The number of aromatic nitrogens is 4. The third kappa shape index (κ3) is 4.34. The quantitative estimate of drug-likeness (QED) is 0.735. The molecule has 1 aliphatic carbocycles. The number of H-pyrrole nitrogens is 1. The molecule has 2 heterocycles. The molecule has 1 aliphatic rings. The van der Waals surface area contributed by atoms with Gasteiger partial charge in [-0.3, -0.25) is 14.3 Å². The molecule has 0 atom stereocenters. The summed E-state index contributed by atoms with van der Waals surface area (Å²) in [6, 6.07) is 0.636. The molecule has 0 unspecified atom stereocenters. The minimum atomic E-state index is -0.348. The van der Waals surface area contributed by atoms with Gasteiger partial charge >= 0.3 is 5.69 Å². The number of imidazole rings is 1. The van der Waals surface area contributed by atoms with Crippen LogP contribution in [0.3, 0.4) is 0 Å². The van der Waals surface area contributed by atoms with Crippen LogP contribution >= 0.6 is 0 Å². The highest BCUT2D eigenvalue weighted by molar-refractivity contribution is 5.70. The first-order valence-corrected chi connectivity index (χ1v) is 10.6. The number of nitrogens with two attached hydrogens (primary N) is 1. The first-order chi connectivity index (χ1) is 13.0. The van der Waals surface area contributed by atoms with Crippen molar-refractivity contribution < 1.29 is 5.32 Å². The lowest BCUT2D eigenvalue weighted by Crippen LogP contribution is -2.89. The van der Waals surface area contributed by atoms with Gasteiger partial charge in [0.2, 0.25) is 0 Å². The molecule has 0 aromatic carbocycles. The number of hydrogen-bond donors (Lipinski definition) is 2. The van der Waals surface area contributed by atoms with Crippen LogP contribution in [0, 0.1) is 5.92 Å². The van der Waals surface area contributed by atoms with Crippen molar-refractivity contribution in [2.45, 2.75) is 91.4 Å². The minimum Gasteiger partial charge on any atom is -0.338 e. The Morgan fingerprint density at radius 1 is 1.07 bits per heavy atom. The number of quaternary nitrogens is 1. The van der Waals surface area contributed by atoms with Gasteiger partial charge in [0, 0.05) is 13.1 Å². The summed E-state index contributed by atoms with van der Waals surface area (Å²) in [6.07, 6.45) is 7.89. The maximum atomic E-state index is 12.5. The standard InChI is InChI=1S/C20H33N5O2/c1-4-6-12-25-18-17(19(26)23-20(25)27)24(11-5-2)16(22-18)13-21-15-9-7-14(3)8-10-15/h14-15,21H,4-13H2,1-3H3,(H,23,26,27)/p+1. The average Bonchev–Trinajstić information content (AvgIpc) is 3.00. The number of rotatable bonds is 8. The SMILES string of the molecule is CCCCn1c(=O)[nH]c(=O)c2c1nc(C[NH2+]C1CCC(C)CC1)n2CCC. The summed E-state index contributed by atoms with van der Waals surface area (Å²) in [6.45, 7) is 8.62. The summed E-state index contributed by atoms with van der Waals surface area (Å²) in [4.78, 5) is 32.1. The van der Waals surface area contributed by atoms with Crippen molar-refractivity contribution in [3.8, 4) is 0 Å². The molecule has 0 bridgehead atoms. The van der Waals surface area contributed by atoms with E-state index in [9.17, 15) is 9.59 Å². The average molecular weight is 377 g/mol. The number of fused-ring (bicyclic) bond motifs is 1. The molecule has 2 aromatic rings. The Labute approximate surface area is 160 Å². The third-order valence-electron chi connectivity index (χ3n) is 5.84. The van der Waals surface area contributed by atoms with E-state index in [1.165, 1.54) is 25.7 Å². The lowest BCUT2D eigenvalue weighted by Gasteiger charge is -2.24. The van der Waals surface area contributed by atoms with Crippen LogP contribution in [0.4, 0.5) is 0 Å². The predicted octanol–water partition coefficient (Wildman–Crippen LogP) is 1.74. The first kappa shape index (κ1) is 19.9. The molecule has 0 radical (unpaired) electrons. The van der Waals surface area contributed by atoms with Crippen molar-refractivity contribution in [1.29, 1.82) is 0 Å². The van der Waals surface area contributed by atoms with Crippen molar-refractivity contribution in [2.24, 2.45) is 5.92 Å². The summed E-state index contributed by atoms with van der Waals surface area (Å²) in [5.74, 6) is 1.75. The van der Waals surface area contributed by atoms with E-state index in [4.69, 9.17) is 4.98 Å². The number of aromatic amines is 1. The molecular weight excluding hydrogens is 342 g/mol. The fraction of sp³-hybridized carbons (Fsp3) is 0.750. The molecule has 7 nitrogen and oxygen atoms in total. The van der Waals surface area contributed by atoms with Crippen LogP contribution in [-0.2, 0) is 19.6 Å². The van der Waals surface area contributed by atoms with E-state index in [2.05, 4.69) is 31.1 Å². The Kier molecular flexibility index (Phi) is 6.52. The highest BCUT2D eigenvalue weighted by atomic mass is 16.2. The van der Waals surface area contributed by atoms with Crippen LogP contribution in [0.15, 0.2) is 9.59 Å². The topological polar surface area (TPSA) is 89.3 Å². The second-order valence-electron chi connectivity index (χ2n) is 8.08. The zero-order valence-corrected chi connectivity index (χ0v) is 17.0. The Bertz CT molecular complexity index is 871. The molecule has 3 N–H and O–H groups in total. The van der Waals surface area contributed by atoms with E-state index in [0.29, 0.717) is 23.8 Å². The summed E-state index contributed by atoms with van der Waals surface area (Å²) in [5.41, 5.74) is 0.430. The number of hydrogen-bond acceptors (Lipinski definition) is 3. The van der Waals surface area contributed by atoms with Crippen molar-refractivity contribution in [3.63, 3.8) is 0 Å². The molecule has 7 heteroatoms. The van der Waals surface area contributed by atoms with Crippen LogP contribution in [0.1, 0.15) is 71.5 Å². The molecule has 3 rings (SSSR count). The van der Waals surface area contributed by atoms with Gasteiger partial charge in [0.1, 0.15) is 6.54 Å². The van der Waals surface area contributed by atoms with Crippen LogP contribution in [0.25, 0.3) is 11.2 Å². The summed E-state index contributed by atoms with van der Waals surface area (Å²) >= 11 is 0. The van der Waals surface area contributed by atoms with Crippen molar-refractivity contribution in [2.75, 3.05) is 0 Å². The highest BCUT2D eigenvalue weighted by Crippen LogP contribution is 2.21. The van der Waals surface area contributed by atoms with Gasteiger partial charge in [-0.05, 0) is 44.4 Å². The largest absolute Gasteiger partial charge is 0.338 e. The van der Waals surface area contributed by atoms with E-state index >= 15 is 0 Å². The molecule has 0 spiro atoms. The van der Waals surface area contributed by atoms with Gasteiger partial charge in [-0.1, -0.05) is 27.2 Å². The first-order valence-electron chi connectivity index (χ1n) is 10.6. The third-order valence-corrected chi connectivity index (χ3v) is 5.84. The molecule has 27 heavy (non-hydrogen) atoms. The predicted molar refractivity (Wildman–Crippen MR) is 107 cm³/mol. The van der Waals surface area contributed by atoms with Crippen molar-refractivity contribution >= 4 is 11.2 Å². The van der Waals surface area contributed by atoms with Crippen LogP contribution in [0.2, 0.25) is 0 Å². The van der Waals surface area contributed by atoms with Crippen LogP contribution < -0.4 is 16.6 Å². The molecule has 0 aliphatic heterocycles. The van der Waals surface area contributed by atoms with Gasteiger partial charge in [0.25, 0.3) is 5.56 Å². The Morgan fingerprint density at radius 3 is 2.48 bits per heavy atom. The van der Waals surface area contributed by atoms with E-state index < -0.39 is 0 Å². The number of aryl methyl sites for hydroxylation is 2. The number of nitrogens with zero attached hydrogens (tertiary/aromatic N) is 3. The lowest BCUT2D eigenvalue weighted by atomic mass is 9.87. The Balaban J connectivity index is 1.94. The molecule has 0 amide bonds. The molecule has 1 saturated carbocycles. The van der Waals surface area contributed by atoms with Crippen LogP contribution in [0.5, 0.6) is 0 Å². The van der Waals surface area contributed by atoms with Gasteiger partial charge < -0.3 is 9.88 Å². The Hall–Kier alpha value is -1.89. The maximum absolute atomic E-state index is 12.5. The summed E-state index contributed by atoms with van der Waals surface area (Å²) < 4.78 is 3.66. The monoisotopic (exact) mass is 376 g/mol. The molecule has 2 aromatic heterocycles. The molecular formula is C20H34N5O2+. The normalized spacial score (nSPS) is 20.4. The van der Waals surface area contributed by atoms with Gasteiger partial charge in [-0.2, -0.15) is 0 Å². The summed E-state index contributed by atoms with van der Waals surface area (Å²) in [7, 11) is 0.